The fraction of sp³-hybridized carbons (Fsp3) is 0.350. The Hall–Kier alpha value is -2.22. The molecule has 0 saturated carbocycles. The van der Waals surface area contributed by atoms with Gasteiger partial charge in [-0.15, -0.1) is 0 Å². The van der Waals surface area contributed by atoms with Crippen LogP contribution in [0.15, 0.2) is 53.4 Å². The monoisotopic (exact) mass is 388 g/mol. The molecule has 1 atom stereocenters. The van der Waals surface area contributed by atoms with Crippen molar-refractivity contribution in [2.75, 3.05) is 11.9 Å². The highest BCUT2D eigenvalue weighted by molar-refractivity contribution is 7.89. The Balaban J connectivity index is 1.69. The number of carbonyl (C=O) groups is 1. The molecular formula is C20H24N2O4S. The van der Waals surface area contributed by atoms with E-state index in [4.69, 9.17) is 0 Å². The van der Waals surface area contributed by atoms with Gasteiger partial charge in [-0.25, -0.2) is 13.1 Å². The summed E-state index contributed by atoms with van der Waals surface area (Å²) in [7, 11) is -3.77. The molecule has 0 radical (unpaired) electrons. The van der Waals surface area contributed by atoms with E-state index in [1.807, 2.05) is 24.3 Å². The number of nitrogens with one attached hydrogen (secondary N) is 2. The highest BCUT2D eigenvalue weighted by atomic mass is 32.2. The van der Waals surface area contributed by atoms with E-state index in [1.165, 1.54) is 12.1 Å². The molecule has 0 spiro atoms. The molecule has 3 N–H and O–H groups in total. The number of hydrogen-bond acceptors (Lipinski definition) is 4. The van der Waals surface area contributed by atoms with Gasteiger partial charge in [-0.3, -0.25) is 4.79 Å². The van der Waals surface area contributed by atoms with Gasteiger partial charge in [0.05, 0.1) is 4.90 Å². The summed E-state index contributed by atoms with van der Waals surface area (Å²) in [6.07, 6.45) is 1.20. The summed E-state index contributed by atoms with van der Waals surface area (Å²) in [5.41, 5.74) is 1.16. The van der Waals surface area contributed by atoms with E-state index in [0.717, 1.165) is 17.5 Å². The molecule has 6 nitrogen and oxygen atoms in total. The highest BCUT2D eigenvalue weighted by Crippen LogP contribution is 2.36. The topological polar surface area (TPSA) is 95.5 Å². The van der Waals surface area contributed by atoms with Crippen molar-refractivity contribution in [2.24, 2.45) is 5.92 Å². The van der Waals surface area contributed by atoms with Crippen LogP contribution in [0.1, 0.15) is 31.4 Å². The van der Waals surface area contributed by atoms with Gasteiger partial charge in [0, 0.05) is 18.2 Å². The number of benzene rings is 2. The quantitative estimate of drug-likeness (QED) is 0.708. The third kappa shape index (κ3) is 4.21. The summed E-state index contributed by atoms with van der Waals surface area (Å²) in [5, 5.41) is 13.6. The second kappa shape index (κ2) is 7.42. The maximum atomic E-state index is 12.6. The van der Waals surface area contributed by atoms with E-state index >= 15 is 0 Å². The summed E-state index contributed by atoms with van der Waals surface area (Å²) >= 11 is 0. The minimum Gasteiger partial charge on any atom is -0.384 e. The maximum absolute atomic E-state index is 12.6. The molecule has 2 aromatic rings. The molecule has 0 aliphatic heterocycles. The minimum atomic E-state index is -3.77. The van der Waals surface area contributed by atoms with Crippen molar-refractivity contribution in [1.29, 1.82) is 0 Å². The van der Waals surface area contributed by atoms with Gasteiger partial charge in [-0.05, 0) is 48.2 Å². The molecule has 1 unspecified atom stereocenters. The van der Waals surface area contributed by atoms with Crippen LogP contribution < -0.4 is 10.0 Å². The van der Waals surface area contributed by atoms with Crippen LogP contribution in [0.3, 0.4) is 0 Å². The number of anilines is 1. The molecule has 0 aromatic heterocycles. The number of amides is 1. The summed E-state index contributed by atoms with van der Waals surface area (Å²) < 4.78 is 27.7. The Morgan fingerprint density at radius 2 is 1.81 bits per heavy atom. The molecule has 0 saturated heterocycles. The van der Waals surface area contributed by atoms with E-state index in [0.29, 0.717) is 12.1 Å². The first kappa shape index (κ1) is 19.5. The lowest BCUT2D eigenvalue weighted by atomic mass is 9.96. The van der Waals surface area contributed by atoms with Crippen LogP contribution in [-0.4, -0.2) is 26.0 Å². The lowest BCUT2D eigenvalue weighted by Gasteiger charge is -2.24. The second-order valence-corrected chi connectivity index (χ2v) is 8.95. The molecule has 7 heteroatoms. The standard InChI is InChI=1S/C20H24N2O4S/c1-14(2)19(23)22-16-7-9-17(10-8-16)27(25,26)21-13-20(24)12-11-15-5-3-4-6-18(15)20/h3-10,14,21,24H,11-13H2,1-2H3,(H,22,23). The van der Waals surface area contributed by atoms with Gasteiger partial charge >= 0.3 is 0 Å². The molecule has 2 aromatic carbocycles. The maximum Gasteiger partial charge on any atom is 0.240 e. The third-order valence-electron chi connectivity index (χ3n) is 4.84. The number of aliphatic hydroxyl groups is 1. The van der Waals surface area contributed by atoms with Crippen LogP contribution in [0, 0.1) is 5.92 Å². The second-order valence-electron chi connectivity index (χ2n) is 7.18. The predicted molar refractivity (Wildman–Crippen MR) is 104 cm³/mol. The van der Waals surface area contributed by atoms with Crippen molar-refractivity contribution in [2.45, 2.75) is 37.2 Å². The summed E-state index contributed by atoms with van der Waals surface area (Å²) in [6, 6.07) is 13.5. The lowest BCUT2D eigenvalue weighted by molar-refractivity contribution is -0.118. The largest absolute Gasteiger partial charge is 0.384 e. The van der Waals surface area contributed by atoms with Gasteiger partial charge in [-0.2, -0.15) is 0 Å². The zero-order valence-corrected chi connectivity index (χ0v) is 16.2. The van der Waals surface area contributed by atoms with Crippen molar-refractivity contribution in [3.05, 3.63) is 59.7 Å². The molecule has 0 bridgehead atoms. The third-order valence-corrected chi connectivity index (χ3v) is 6.25. The first-order valence-electron chi connectivity index (χ1n) is 8.93. The summed E-state index contributed by atoms with van der Waals surface area (Å²) in [4.78, 5) is 11.8. The van der Waals surface area contributed by atoms with Crippen molar-refractivity contribution in [1.82, 2.24) is 4.72 Å². The summed E-state index contributed by atoms with van der Waals surface area (Å²) in [6.45, 7) is 3.48. The normalized spacial score (nSPS) is 19.1. The van der Waals surface area contributed by atoms with Crippen molar-refractivity contribution in [3.8, 4) is 0 Å². The minimum absolute atomic E-state index is 0.0833. The molecule has 0 heterocycles. The van der Waals surface area contributed by atoms with Crippen LogP contribution >= 0.6 is 0 Å². The Labute approximate surface area is 159 Å². The van der Waals surface area contributed by atoms with Crippen LogP contribution in [0.2, 0.25) is 0 Å². The molecule has 1 amide bonds. The number of fused-ring (bicyclic) bond motifs is 1. The van der Waals surface area contributed by atoms with Crippen LogP contribution in [0.25, 0.3) is 0 Å². The Bertz CT molecular complexity index is 939. The molecular weight excluding hydrogens is 364 g/mol. The first-order chi connectivity index (χ1) is 12.7. The average Bonchev–Trinajstić information content (AvgIpc) is 2.98. The molecule has 27 heavy (non-hydrogen) atoms. The highest BCUT2D eigenvalue weighted by Gasteiger charge is 2.37. The van der Waals surface area contributed by atoms with Gasteiger partial charge in [0.1, 0.15) is 5.60 Å². The van der Waals surface area contributed by atoms with E-state index in [2.05, 4.69) is 10.0 Å². The van der Waals surface area contributed by atoms with Gasteiger partial charge < -0.3 is 10.4 Å². The van der Waals surface area contributed by atoms with Crippen LogP contribution in [-0.2, 0) is 26.8 Å². The average molecular weight is 388 g/mol. The van der Waals surface area contributed by atoms with Crippen molar-refractivity contribution in [3.63, 3.8) is 0 Å². The lowest BCUT2D eigenvalue weighted by Crippen LogP contribution is -2.39. The molecule has 1 aliphatic rings. The Morgan fingerprint density at radius 3 is 2.48 bits per heavy atom. The van der Waals surface area contributed by atoms with Crippen molar-refractivity contribution >= 4 is 21.6 Å². The number of aryl methyl sites for hydroxylation is 1. The summed E-state index contributed by atoms with van der Waals surface area (Å²) in [5.74, 6) is -0.295. The number of sulfonamides is 1. The predicted octanol–water partition coefficient (Wildman–Crippen LogP) is 2.39. The van der Waals surface area contributed by atoms with Gasteiger partial charge in [0.25, 0.3) is 0 Å². The Kier molecular flexibility index (Phi) is 5.37. The number of rotatable bonds is 6. The zero-order chi connectivity index (χ0) is 19.7. The molecule has 0 fully saturated rings. The molecule has 1 aliphatic carbocycles. The van der Waals surface area contributed by atoms with E-state index in [9.17, 15) is 18.3 Å². The number of hydrogen-bond donors (Lipinski definition) is 3. The number of carbonyl (C=O) groups excluding carboxylic acids is 1. The molecule has 3 rings (SSSR count). The smallest absolute Gasteiger partial charge is 0.240 e. The van der Waals surface area contributed by atoms with Crippen molar-refractivity contribution < 1.29 is 18.3 Å². The molecule has 144 valence electrons. The van der Waals surface area contributed by atoms with Gasteiger partial charge in [-0.1, -0.05) is 38.1 Å². The van der Waals surface area contributed by atoms with E-state index < -0.39 is 15.6 Å². The zero-order valence-electron chi connectivity index (χ0n) is 15.4. The van der Waals surface area contributed by atoms with Gasteiger partial charge in [0.15, 0.2) is 0 Å². The first-order valence-corrected chi connectivity index (χ1v) is 10.4. The fourth-order valence-electron chi connectivity index (χ4n) is 3.15. The Morgan fingerprint density at radius 1 is 1.15 bits per heavy atom. The van der Waals surface area contributed by atoms with Crippen LogP contribution in [0.5, 0.6) is 0 Å². The fourth-order valence-corrected chi connectivity index (χ4v) is 4.24. The van der Waals surface area contributed by atoms with Gasteiger partial charge in [0.2, 0.25) is 15.9 Å². The van der Waals surface area contributed by atoms with E-state index in [1.54, 1.807) is 26.0 Å². The van der Waals surface area contributed by atoms with Crippen LogP contribution in [0.4, 0.5) is 5.69 Å². The van der Waals surface area contributed by atoms with E-state index in [-0.39, 0.29) is 23.3 Å². The SMILES string of the molecule is CC(C)C(=O)Nc1ccc(S(=O)(=O)NCC2(O)CCc3ccccc32)cc1.